The number of benzene rings is 1. The van der Waals surface area contributed by atoms with Crippen LogP contribution in [0.5, 0.6) is 0 Å². The number of carbonyl (C=O) groups excluding carboxylic acids is 3. The summed E-state index contributed by atoms with van der Waals surface area (Å²) in [7, 11) is 0. The van der Waals surface area contributed by atoms with E-state index in [1.165, 1.54) is 13.8 Å². The summed E-state index contributed by atoms with van der Waals surface area (Å²) in [4.78, 5) is 43.4. The Kier molecular flexibility index (Phi) is 4.26. The summed E-state index contributed by atoms with van der Waals surface area (Å²) in [6.07, 6.45) is 0.746. The van der Waals surface area contributed by atoms with Crippen LogP contribution in [-0.2, 0) is 0 Å². The number of Topliss-reactive ketones (excluding diaryl/α,β-unsaturated/α-hetero) is 2. The molecule has 2 rings (SSSR count). The fraction of sp³-hybridized carbons (Fsp3) is 0.235. The van der Waals surface area contributed by atoms with Crippen molar-refractivity contribution in [3.8, 4) is 11.4 Å². The molecule has 112 valence electrons. The lowest BCUT2D eigenvalue weighted by molar-refractivity contribution is 0.0976. The molecule has 0 amide bonds. The number of nitrogens with zero attached hydrogens (tertiary/aromatic N) is 2. The fourth-order valence-electron chi connectivity index (χ4n) is 2.40. The summed E-state index contributed by atoms with van der Waals surface area (Å²) < 4.78 is 0. The predicted molar refractivity (Wildman–Crippen MR) is 82.3 cm³/mol. The van der Waals surface area contributed by atoms with Gasteiger partial charge in [-0.1, -0.05) is 18.2 Å². The summed E-state index contributed by atoms with van der Waals surface area (Å²) in [5.41, 5.74) is 2.59. The summed E-state index contributed by atoms with van der Waals surface area (Å²) in [6, 6.07) is 5.33. The van der Waals surface area contributed by atoms with Gasteiger partial charge in [-0.05, 0) is 26.3 Å². The van der Waals surface area contributed by atoms with Gasteiger partial charge in [-0.15, -0.1) is 0 Å². The first-order valence-corrected chi connectivity index (χ1v) is 6.82. The van der Waals surface area contributed by atoms with E-state index in [1.54, 1.807) is 19.1 Å². The molecule has 5 nitrogen and oxygen atoms in total. The molecule has 0 spiro atoms. The average Bonchev–Trinajstić information content (AvgIpc) is 2.45. The molecule has 0 N–H and O–H groups in total. The highest BCUT2D eigenvalue weighted by Gasteiger charge is 2.20. The van der Waals surface area contributed by atoms with E-state index in [9.17, 15) is 14.4 Å². The first-order valence-electron chi connectivity index (χ1n) is 6.82. The third-order valence-corrected chi connectivity index (χ3v) is 3.46. The molecule has 0 fully saturated rings. The predicted octanol–water partition coefficient (Wildman–Crippen LogP) is 2.98. The van der Waals surface area contributed by atoms with Crippen LogP contribution in [0.3, 0.4) is 0 Å². The van der Waals surface area contributed by atoms with Crippen LogP contribution in [0, 0.1) is 13.8 Å². The Morgan fingerprint density at radius 3 is 2.27 bits per heavy atom. The molecule has 0 aliphatic rings. The van der Waals surface area contributed by atoms with Crippen LogP contribution in [0.1, 0.15) is 56.3 Å². The molecule has 2 aromatic rings. The molecule has 0 saturated heterocycles. The van der Waals surface area contributed by atoms with E-state index in [0.29, 0.717) is 16.8 Å². The first kappa shape index (κ1) is 15.7. The van der Waals surface area contributed by atoms with Gasteiger partial charge in [0.05, 0.1) is 11.3 Å². The smallest absolute Gasteiger partial charge is 0.179 e. The zero-order valence-corrected chi connectivity index (χ0v) is 12.9. The van der Waals surface area contributed by atoms with Gasteiger partial charge in [0.15, 0.2) is 23.7 Å². The topological polar surface area (TPSA) is 77.0 Å². The van der Waals surface area contributed by atoms with Crippen molar-refractivity contribution < 1.29 is 14.4 Å². The lowest BCUT2D eigenvalue weighted by atomic mass is 10.0. The number of hydrogen-bond donors (Lipinski definition) is 0. The van der Waals surface area contributed by atoms with Gasteiger partial charge in [0, 0.05) is 18.1 Å². The molecule has 1 aromatic heterocycles. The number of ketones is 2. The molecule has 5 heteroatoms. The Bertz CT molecular complexity index is 795. The largest absolute Gasteiger partial charge is 0.298 e. The van der Waals surface area contributed by atoms with E-state index in [0.717, 1.165) is 11.8 Å². The summed E-state index contributed by atoms with van der Waals surface area (Å²) in [5.74, 6) is -0.287. The minimum Gasteiger partial charge on any atom is -0.298 e. The van der Waals surface area contributed by atoms with Crippen LogP contribution >= 0.6 is 0 Å². The normalized spacial score (nSPS) is 10.4. The maximum Gasteiger partial charge on any atom is 0.179 e. The minimum atomic E-state index is -0.308. The zero-order valence-electron chi connectivity index (χ0n) is 12.9. The van der Waals surface area contributed by atoms with Crippen molar-refractivity contribution in [1.82, 2.24) is 9.97 Å². The second-order valence-corrected chi connectivity index (χ2v) is 5.12. The molecule has 0 aliphatic carbocycles. The Labute approximate surface area is 128 Å². The van der Waals surface area contributed by atoms with Crippen LogP contribution in [-0.4, -0.2) is 27.8 Å². The highest BCUT2D eigenvalue weighted by atomic mass is 16.1. The summed E-state index contributed by atoms with van der Waals surface area (Å²) in [5, 5.41) is 0. The van der Waals surface area contributed by atoms with Crippen molar-refractivity contribution in [3.63, 3.8) is 0 Å². The maximum atomic E-state index is 11.8. The van der Waals surface area contributed by atoms with E-state index in [2.05, 4.69) is 9.97 Å². The Morgan fingerprint density at radius 2 is 1.73 bits per heavy atom. The fourth-order valence-corrected chi connectivity index (χ4v) is 2.40. The van der Waals surface area contributed by atoms with Gasteiger partial charge >= 0.3 is 0 Å². The van der Waals surface area contributed by atoms with E-state index >= 15 is 0 Å². The van der Waals surface area contributed by atoms with E-state index in [4.69, 9.17) is 0 Å². The first-order chi connectivity index (χ1) is 10.4. The Balaban J connectivity index is 2.79. The third kappa shape index (κ3) is 2.70. The maximum absolute atomic E-state index is 11.8. The number of aryl methyl sites for hydroxylation is 2. The molecule has 0 atom stereocenters. The van der Waals surface area contributed by atoms with Gasteiger partial charge in [0.2, 0.25) is 0 Å². The Morgan fingerprint density at radius 1 is 1.05 bits per heavy atom. The van der Waals surface area contributed by atoms with Gasteiger partial charge < -0.3 is 0 Å². The number of aldehydes is 1. The minimum absolute atomic E-state index is 0.0911. The number of rotatable bonds is 4. The second kappa shape index (κ2) is 5.97. The average molecular weight is 296 g/mol. The van der Waals surface area contributed by atoms with Crippen LogP contribution in [0.15, 0.2) is 18.2 Å². The highest BCUT2D eigenvalue weighted by molar-refractivity contribution is 6.07. The van der Waals surface area contributed by atoms with Crippen molar-refractivity contribution >= 4 is 17.9 Å². The van der Waals surface area contributed by atoms with Crippen molar-refractivity contribution in [2.45, 2.75) is 27.7 Å². The lowest BCUT2D eigenvalue weighted by Crippen LogP contribution is -2.13. The molecule has 0 bridgehead atoms. The lowest BCUT2D eigenvalue weighted by Gasteiger charge is -2.11. The molecule has 22 heavy (non-hydrogen) atoms. The quantitative estimate of drug-likeness (QED) is 0.640. The van der Waals surface area contributed by atoms with Gasteiger partial charge in [-0.2, -0.15) is 0 Å². The summed E-state index contributed by atoms with van der Waals surface area (Å²) in [6.45, 7) is 6.21. The van der Waals surface area contributed by atoms with Crippen LogP contribution < -0.4 is 0 Å². The molecule has 0 aliphatic heterocycles. The zero-order chi connectivity index (χ0) is 16.4. The van der Waals surface area contributed by atoms with Crippen LogP contribution in [0.25, 0.3) is 11.4 Å². The molecular formula is C17H16N2O3. The van der Waals surface area contributed by atoms with Crippen molar-refractivity contribution in [1.29, 1.82) is 0 Å². The monoisotopic (exact) mass is 296 g/mol. The number of carbonyl (C=O) groups is 3. The van der Waals surface area contributed by atoms with Gasteiger partial charge in [-0.3, -0.25) is 14.4 Å². The summed E-state index contributed by atoms with van der Waals surface area (Å²) >= 11 is 0. The molecule has 1 heterocycles. The highest BCUT2D eigenvalue weighted by Crippen LogP contribution is 2.24. The van der Waals surface area contributed by atoms with Gasteiger partial charge in [0.1, 0.15) is 5.69 Å². The van der Waals surface area contributed by atoms with Gasteiger partial charge in [0.25, 0.3) is 0 Å². The standard InChI is InChI=1S/C17H16N2O3/c1-9-6-5-7-13(14(9)8-20)17-18-10(2)15(11(3)21)16(19-17)12(4)22/h5-8H,1-4H3. The second-order valence-electron chi connectivity index (χ2n) is 5.12. The molecule has 0 saturated carbocycles. The van der Waals surface area contributed by atoms with Crippen molar-refractivity contribution in [2.24, 2.45) is 0 Å². The molecule has 0 unspecified atom stereocenters. The third-order valence-electron chi connectivity index (χ3n) is 3.46. The number of hydrogen-bond acceptors (Lipinski definition) is 5. The molecule has 1 aromatic carbocycles. The number of aromatic nitrogens is 2. The van der Waals surface area contributed by atoms with E-state index in [1.807, 2.05) is 13.0 Å². The van der Waals surface area contributed by atoms with Gasteiger partial charge in [-0.25, -0.2) is 9.97 Å². The van der Waals surface area contributed by atoms with Crippen LogP contribution in [0.2, 0.25) is 0 Å². The molecule has 0 radical (unpaired) electrons. The SMILES string of the molecule is CC(=O)c1nc(-c2cccc(C)c2C=O)nc(C)c1C(C)=O. The van der Waals surface area contributed by atoms with Crippen molar-refractivity contribution in [3.05, 3.63) is 46.3 Å². The van der Waals surface area contributed by atoms with Crippen LogP contribution in [0.4, 0.5) is 0 Å². The molecular weight excluding hydrogens is 280 g/mol. The van der Waals surface area contributed by atoms with E-state index < -0.39 is 0 Å². The van der Waals surface area contributed by atoms with E-state index in [-0.39, 0.29) is 28.6 Å². The Hall–Kier alpha value is -2.69. The van der Waals surface area contributed by atoms with Crippen molar-refractivity contribution in [2.75, 3.05) is 0 Å².